The van der Waals surface area contributed by atoms with E-state index >= 15 is 0 Å². The van der Waals surface area contributed by atoms with E-state index in [4.69, 9.17) is 21.1 Å². The molecule has 0 unspecified atom stereocenters. The van der Waals surface area contributed by atoms with Gasteiger partial charge in [0.25, 0.3) is 0 Å². The standard InChI is InChI=1S/C22H19BrClN3O3/c1-29-20-9-14(11-25-16-5-6-18-19(10-16)27-22(28)26-18)8-17(23)21(20)30-12-13-3-2-4-15(24)7-13/h2-10,25H,11-12H2,1H3,(H2,26,27,28). The maximum atomic E-state index is 11.4. The zero-order valence-corrected chi connectivity index (χ0v) is 18.4. The lowest BCUT2D eigenvalue weighted by atomic mass is 10.2. The summed E-state index contributed by atoms with van der Waals surface area (Å²) in [7, 11) is 1.61. The lowest BCUT2D eigenvalue weighted by Gasteiger charge is -2.15. The molecule has 6 nitrogen and oxygen atoms in total. The topological polar surface area (TPSA) is 79.1 Å². The van der Waals surface area contributed by atoms with Crippen LogP contribution in [0.25, 0.3) is 11.0 Å². The zero-order valence-electron chi connectivity index (χ0n) is 16.1. The quantitative estimate of drug-likeness (QED) is 0.322. The first-order valence-electron chi connectivity index (χ1n) is 9.21. The van der Waals surface area contributed by atoms with Gasteiger partial charge in [-0.3, -0.25) is 0 Å². The predicted octanol–water partition coefficient (Wildman–Crippen LogP) is 5.47. The van der Waals surface area contributed by atoms with E-state index in [1.165, 1.54) is 0 Å². The van der Waals surface area contributed by atoms with Crippen molar-refractivity contribution in [3.63, 3.8) is 0 Å². The molecule has 0 aliphatic rings. The van der Waals surface area contributed by atoms with Crippen LogP contribution in [0.2, 0.25) is 5.02 Å². The molecule has 0 amide bonds. The molecular weight excluding hydrogens is 470 g/mol. The van der Waals surface area contributed by atoms with Crippen molar-refractivity contribution < 1.29 is 9.47 Å². The number of benzene rings is 3. The minimum Gasteiger partial charge on any atom is -0.493 e. The molecule has 154 valence electrons. The second kappa shape index (κ2) is 8.85. The number of aromatic amines is 2. The van der Waals surface area contributed by atoms with Crippen LogP contribution in [0.15, 0.2) is 63.9 Å². The molecule has 3 N–H and O–H groups in total. The number of nitrogens with one attached hydrogen (secondary N) is 3. The Morgan fingerprint density at radius 1 is 1.03 bits per heavy atom. The van der Waals surface area contributed by atoms with Crippen molar-refractivity contribution in [3.05, 3.63) is 85.7 Å². The summed E-state index contributed by atoms with van der Waals surface area (Å²) >= 11 is 9.63. The first kappa shape index (κ1) is 20.4. The molecule has 0 radical (unpaired) electrons. The smallest absolute Gasteiger partial charge is 0.323 e. The number of H-pyrrole nitrogens is 2. The van der Waals surface area contributed by atoms with Gasteiger partial charge in [0.2, 0.25) is 0 Å². The van der Waals surface area contributed by atoms with Crippen LogP contribution in [0.3, 0.4) is 0 Å². The number of imidazole rings is 1. The normalized spacial score (nSPS) is 10.9. The minimum atomic E-state index is -0.218. The predicted molar refractivity (Wildman–Crippen MR) is 123 cm³/mol. The van der Waals surface area contributed by atoms with Gasteiger partial charge in [0.15, 0.2) is 11.5 Å². The van der Waals surface area contributed by atoms with E-state index in [9.17, 15) is 4.79 Å². The molecule has 0 saturated heterocycles. The monoisotopic (exact) mass is 487 g/mol. The van der Waals surface area contributed by atoms with E-state index < -0.39 is 0 Å². The largest absolute Gasteiger partial charge is 0.493 e. The molecule has 0 bridgehead atoms. The van der Waals surface area contributed by atoms with E-state index in [1.807, 2.05) is 54.6 Å². The van der Waals surface area contributed by atoms with Crippen LogP contribution in [0.4, 0.5) is 5.69 Å². The fraction of sp³-hybridized carbons (Fsp3) is 0.136. The Bertz CT molecular complexity index is 1250. The SMILES string of the molecule is COc1cc(CNc2ccc3[nH]c(=O)[nH]c3c2)cc(Br)c1OCc1cccc(Cl)c1. The average Bonchev–Trinajstić information content (AvgIpc) is 3.10. The summed E-state index contributed by atoms with van der Waals surface area (Å²) in [5.41, 5.74) is 4.19. The van der Waals surface area contributed by atoms with Crippen LogP contribution >= 0.6 is 27.5 Å². The van der Waals surface area contributed by atoms with Crippen molar-refractivity contribution in [2.75, 3.05) is 12.4 Å². The molecule has 4 rings (SSSR count). The summed E-state index contributed by atoms with van der Waals surface area (Å²) in [5.74, 6) is 1.26. The summed E-state index contributed by atoms with van der Waals surface area (Å²) in [6.45, 7) is 0.950. The first-order chi connectivity index (χ1) is 14.5. The molecule has 0 saturated carbocycles. The third-order valence-corrected chi connectivity index (χ3v) is 5.40. The Labute approximate surface area is 186 Å². The Morgan fingerprint density at radius 3 is 2.67 bits per heavy atom. The maximum absolute atomic E-state index is 11.4. The molecule has 8 heteroatoms. The van der Waals surface area contributed by atoms with Gasteiger partial charge in [-0.05, 0) is 69.5 Å². The minimum absolute atomic E-state index is 0.218. The Balaban J connectivity index is 1.48. The number of halogens is 2. The van der Waals surface area contributed by atoms with Crippen LogP contribution in [-0.2, 0) is 13.2 Å². The van der Waals surface area contributed by atoms with Gasteiger partial charge in [-0.25, -0.2) is 4.79 Å². The Morgan fingerprint density at radius 2 is 1.87 bits per heavy atom. The summed E-state index contributed by atoms with van der Waals surface area (Å²) in [6.07, 6.45) is 0. The molecule has 1 aromatic heterocycles. The van der Waals surface area contributed by atoms with Crippen LogP contribution in [0, 0.1) is 0 Å². The molecule has 0 aliphatic heterocycles. The molecule has 1 heterocycles. The van der Waals surface area contributed by atoms with Crippen molar-refractivity contribution in [3.8, 4) is 11.5 Å². The number of methoxy groups -OCH3 is 1. The van der Waals surface area contributed by atoms with Crippen LogP contribution in [-0.4, -0.2) is 17.1 Å². The molecule has 0 spiro atoms. The number of fused-ring (bicyclic) bond motifs is 1. The van der Waals surface area contributed by atoms with Gasteiger partial charge in [-0.1, -0.05) is 23.7 Å². The van der Waals surface area contributed by atoms with Crippen LogP contribution < -0.4 is 20.5 Å². The third-order valence-electron chi connectivity index (χ3n) is 4.57. The van der Waals surface area contributed by atoms with E-state index in [-0.39, 0.29) is 5.69 Å². The summed E-state index contributed by atoms with van der Waals surface area (Å²) in [5, 5.41) is 4.03. The van der Waals surface area contributed by atoms with Gasteiger partial charge in [-0.15, -0.1) is 0 Å². The molecular formula is C22H19BrClN3O3. The highest BCUT2D eigenvalue weighted by Gasteiger charge is 2.12. The molecule has 0 aliphatic carbocycles. The van der Waals surface area contributed by atoms with E-state index in [0.717, 1.165) is 32.3 Å². The highest BCUT2D eigenvalue weighted by atomic mass is 79.9. The fourth-order valence-electron chi connectivity index (χ4n) is 3.14. The Hall–Kier alpha value is -2.90. The number of rotatable bonds is 7. The highest BCUT2D eigenvalue weighted by molar-refractivity contribution is 9.10. The van der Waals surface area contributed by atoms with E-state index in [0.29, 0.717) is 29.7 Å². The molecule has 0 atom stereocenters. The Kier molecular flexibility index (Phi) is 6.01. The van der Waals surface area contributed by atoms with Crippen molar-refractivity contribution >= 4 is 44.3 Å². The lowest BCUT2D eigenvalue weighted by molar-refractivity contribution is 0.282. The molecule has 30 heavy (non-hydrogen) atoms. The van der Waals surface area contributed by atoms with Gasteiger partial charge in [0.05, 0.1) is 22.6 Å². The number of anilines is 1. The second-order valence-corrected chi connectivity index (χ2v) is 8.01. The van der Waals surface area contributed by atoms with Crippen molar-refractivity contribution in [1.82, 2.24) is 9.97 Å². The van der Waals surface area contributed by atoms with Gasteiger partial charge in [0, 0.05) is 17.3 Å². The van der Waals surface area contributed by atoms with E-state index in [1.54, 1.807) is 7.11 Å². The van der Waals surface area contributed by atoms with Gasteiger partial charge >= 0.3 is 5.69 Å². The average molecular weight is 489 g/mol. The van der Waals surface area contributed by atoms with Gasteiger partial charge in [0.1, 0.15) is 6.61 Å². The van der Waals surface area contributed by atoms with Gasteiger partial charge in [-0.2, -0.15) is 0 Å². The van der Waals surface area contributed by atoms with Crippen LogP contribution in [0.1, 0.15) is 11.1 Å². The van der Waals surface area contributed by atoms with Crippen molar-refractivity contribution in [2.45, 2.75) is 13.2 Å². The lowest BCUT2D eigenvalue weighted by Crippen LogP contribution is -2.03. The van der Waals surface area contributed by atoms with Crippen molar-refractivity contribution in [2.24, 2.45) is 0 Å². The molecule has 0 fully saturated rings. The fourth-order valence-corrected chi connectivity index (χ4v) is 3.96. The number of hydrogen-bond acceptors (Lipinski definition) is 4. The summed E-state index contributed by atoms with van der Waals surface area (Å²) in [4.78, 5) is 16.9. The summed E-state index contributed by atoms with van der Waals surface area (Å²) < 4.78 is 12.3. The third kappa shape index (κ3) is 4.63. The van der Waals surface area contributed by atoms with Gasteiger partial charge < -0.3 is 24.8 Å². The zero-order chi connectivity index (χ0) is 21.1. The number of aromatic nitrogens is 2. The van der Waals surface area contributed by atoms with Crippen molar-refractivity contribution in [1.29, 1.82) is 0 Å². The first-order valence-corrected chi connectivity index (χ1v) is 10.4. The number of hydrogen-bond donors (Lipinski definition) is 3. The highest BCUT2D eigenvalue weighted by Crippen LogP contribution is 2.37. The summed E-state index contributed by atoms with van der Waals surface area (Å²) in [6, 6.07) is 17.1. The maximum Gasteiger partial charge on any atom is 0.323 e. The van der Waals surface area contributed by atoms with E-state index in [2.05, 4.69) is 31.2 Å². The molecule has 3 aromatic carbocycles. The molecule has 4 aromatic rings. The second-order valence-electron chi connectivity index (χ2n) is 6.72. The number of ether oxygens (including phenoxy) is 2. The van der Waals surface area contributed by atoms with Crippen LogP contribution in [0.5, 0.6) is 11.5 Å².